The highest BCUT2D eigenvalue weighted by Gasteiger charge is 2.54. The predicted octanol–water partition coefficient (Wildman–Crippen LogP) is 5.43. The summed E-state index contributed by atoms with van der Waals surface area (Å²) in [5.41, 5.74) is 2.54. The van der Waals surface area contributed by atoms with Crippen LogP contribution in [0.1, 0.15) is 63.9 Å². The minimum absolute atomic E-state index is 0.362. The first-order valence-corrected chi connectivity index (χ1v) is 9.45. The van der Waals surface area contributed by atoms with E-state index in [0.717, 1.165) is 13.1 Å². The van der Waals surface area contributed by atoms with E-state index in [4.69, 9.17) is 0 Å². The Balaban J connectivity index is 1.82. The van der Waals surface area contributed by atoms with Crippen molar-refractivity contribution >= 4 is 15.9 Å². The second-order valence-electron chi connectivity index (χ2n) is 7.31. The monoisotopic (exact) mass is 349 g/mol. The summed E-state index contributed by atoms with van der Waals surface area (Å²) in [5, 5.41) is 3.63. The van der Waals surface area contributed by atoms with Crippen LogP contribution in [0, 0.1) is 5.41 Å². The van der Waals surface area contributed by atoms with Crippen molar-refractivity contribution in [2.45, 2.75) is 63.7 Å². The highest BCUT2D eigenvalue weighted by Crippen LogP contribution is 2.61. The maximum absolute atomic E-state index is 3.80. The van der Waals surface area contributed by atoms with Crippen LogP contribution < -0.4 is 5.32 Å². The second-order valence-corrected chi connectivity index (χ2v) is 8.16. The van der Waals surface area contributed by atoms with Crippen LogP contribution in [0.4, 0.5) is 0 Å². The number of hydrogen-bond acceptors (Lipinski definition) is 1. The van der Waals surface area contributed by atoms with Gasteiger partial charge in [0.2, 0.25) is 0 Å². The van der Waals surface area contributed by atoms with E-state index in [-0.39, 0.29) is 0 Å². The Morgan fingerprint density at radius 1 is 1.05 bits per heavy atom. The number of likely N-dealkylation sites (N-methyl/N-ethyl adjacent to an activating group) is 1. The van der Waals surface area contributed by atoms with Gasteiger partial charge in [-0.1, -0.05) is 66.7 Å². The van der Waals surface area contributed by atoms with Crippen molar-refractivity contribution in [1.82, 2.24) is 5.32 Å². The number of hydrogen-bond donors (Lipinski definition) is 1. The fraction of sp³-hybridized carbons (Fsp3) is 0.684. The van der Waals surface area contributed by atoms with Gasteiger partial charge in [-0.2, -0.15) is 0 Å². The Morgan fingerprint density at radius 3 is 2.33 bits per heavy atom. The smallest absolute Gasteiger partial charge is 0.0213 e. The number of rotatable bonds is 4. The fourth-order valence-electron chi connectivity index (χ4n) is 4.88. The third-order valence-electron chi connectivity index (χ3n) is 5.75. The summed E-state index contributed by atoms with van der Waals surface area (Å²) in [4.78, 5) is 0. The summed E-state index contributed by atoms with van der Waals surface area (Å²) >= 11 is 3.80. The van der Waals surface area contributed by atoms with Crippen LogP contribution in [0.3, 0.4) is 0 Å². The normalized spacial score (nSPS) is 23.5. The summed E-state index contributed by atoms with van der Waals surface area (Å²) in [6.07, 6.45) is 11.5. The van der Waals surface area contributed by atoms with Gasteiger partial charge in [0, 0.05) is 16.4 Å². The Kier molecular flexibility index (Phi) is 4.75. The molecule has 1 N–H and O–H groups in total. The summed E-state index contributed by atoms with van der Waals surface area (Å²) in [5.74, 6) is 0. The molecule has 0 aliphatic heterocycles. The molecule has 1 spiro atoms. The Hall–Kier alpha value is -0.340. The first-order valence-electron chi connectivity index (χ1n) is 8.66. The highest BCUT2D eigenvalue weighted by molar-refractivity contribution is 9.10. The lowest BCUT2D eigenvalue weighted by Gasteiger charge is -2.57. The third-order valence-corrected chi connectivity index (χ3v) is 6.44. The van der Waals surface area contributed by atoms with Crippen LogP contribution in [-0.2, 0) is 5.41 Å². The van der Waals surface area contributed by atoms with E-state index in [2.05, 4.69) is 52.4 Å². The van der Waals surface area contributed by atoms with Crippen LogP contribution in [0.15, 0.2) is 28.7 Å². The van der Waals surface area contributed by atoms with Crippen LogP contribution in [0.2, 0.25) is 0 Å². The van der Waals surface area contributed by atoms with Crippen molar-refractivity contribution in [3.05, 3.63) is 34.3 Å². The maximum Gasteiger partial charge on any atom is 0.0213 e. The largest absolute Gasteiger partial charge is 0.316 e. The van der Waals surface area contributed by atoms with Gasteiger partial charge in [0.25, 0.3) is 0 Å². The molecular weight excluding hydrogens is 322 g/mol. The SMILES string of the molecule is CCNCC1(c2ccccc2Br)CC2(CCCCCC2)C1. The Labute approximate surface area is 138 Å². The van der Waals surface area contributed by atoms with Gasteiger partial charge in [0.15, 0.2) is 0 Å². The standard InChI is InChI=1S/C19H28BrN/c1-2-21-15-19(16-9-5-6-10-17(16)20)13-18(14-19)11-7-3-4-8-12-18/h5-6,9-10,21H,2-4,7-8,11-15H2,1H3. The zero-order valence-electron chi connectivity index (χ0n) is 13.3. The van der Waals surface area contributed by atoms with Crippen LogP contribution in [-0.4, -0.2) is 13.1 Å². The van der Waals surface area contributed by atoms with E-state index in [9.17, 15) is 0 Å². The van der Waals surface area contributed by atoms with Gasteiger partial charge in [-0.25, -0.2) is 0 Å². The topological polar surface area (TPSA) is 12.0 Å². The van der Waals surface area contributed by atoms with E-state index in [1.165, 1.54) is 61.4 Å². The molecule has 2 aliphatic carbocycles. The molecule has 0 atom stereocenters. The van der Waals surface area contributed by atoms with Gasteiger partial charge >= 0.3 is 0 Å². The maximum atomic E-state index is 3.80. The van der Waals surface area contributed by atoms with Crippen LogP contribution in [0.5, 0.6) is 0 Å². The number of benzene rings is 1. The lowest BCUT2D eigenvalue weighted by atomic mass is 9.48. The molecule has 0 aromatic heterocycles. The van der Waals surface area contributed by atoms with Crippen molar-refractivity contribution in [3.8, 4) is 0 Å². The van der Waals surface area contributed by atoms with Crippen molar-refractivity contribution in [2.75, 3.05) is 13.1 Å². The van der Waals surface area contributed by atoms with Gasteiger partial charge in [-0.05, 0) is 49.3 Å². The molecule has 0 radical (unpaired) electrons. The van der Waals surface area contributed by atoms with E-state index in [1.807, 2.05) is 0 Å². The highest BCUT2D eigenvalue weighted by atomic mass is 79.9. The van der Waals surface area contributed by atoms with E-state index < -0.39 is 0 Å². The number of halogens is 1. The average Bonchev–Trinajstić information content (AvgIpc) is 2.70. The number of nitrogens with one attached hydrogen (secondary N) is 1. The summed E-state index contributed by atoms with van der Waals surface area (Å²) in [6, 6.07) is 8.88. The molecule has 21 heavy (non-hydrogen) atoms. The molecule has 2 fully saturated rings. The van der Waals surface area contributed by atoms with E-state index in [0.29, 0.717) is 10.8 Å². The van der Waals surface area contributed by atoms with Crippen molar-refractivity contribution in [3.63, 3.8) is 0 Å². The minimum Gasteiger partial charge on any atom is -0.316 e. The molecule has 0 unspecified atom stereocenters. The first kappa shape index (κ1) is 15.6. The van der Waals surface area contributed by atoms with Gasteiger partial charge in [0.1, 0.15) is 0 Å². The van der Waals surface area contributed by atoms with Crippen molar-refractivity contribution in [2.24, 2.45) is 5.41 Å². The second kappa shape index (κ2) is 6.42. The molecular formula is C19H28BrN. The molecule has 0 heterocycles. The Morgan fingerprint density at radius 2 is 1.71 bits per heavy atom. The molecule has 0 bridgehead atoms. The summed E-state index contributed by atoms with van der Waals surface area (Å²) in [7, 11) is 0. The molecule has 0 saturated heterocycles. The lowest BCUT2D eigenvalue weighted by Crippen LogP contribution is -2.54. The van der Waals surface area contributed by atoms with Crippen molar-refractivity contribution < 1.29 is 0 Å². The van der Waals surface area contributed by atoms with E-state index >= 15 is 0 Å². The van der Waals surface area contributed by atoms with Gasteiger partial charge < -0.3 is 5.32 Å². The van der Waals surface area contributed by atoms with E-state index in [1.54, 1.807) is 0 Å². The van der Waals surface area contributed by atoms with Gasteiger partial charge in [-0.15, -0.1) is 0 Å². The fourth-order valence-corrected chi connectivity index (χ4v) is 5.59. The molecule has 1 aromatic rings. The van der Waals surface area contributed by atoms with Gasteiger partial charge in [-0.3, -0.25) is 0 Å². The average molecular weight is 350 g/mol. The Bertz CT molecular complexity index is 466. The summed E-state index contributed by atoms with van der Waals surface area (Å²) in [6.45, 7) is 4.42. The molecule has 2 heteroatoms. The molecule has 1 nitrogen and oxygen atoms in total. The zero-order valence-corrected chi connectivity index (χ0v) is 14.8. The molecule has 3 rings (SSSR count). The lowest BCUT2D eigenvalue weighted by molar-refractivity contribution is 0.00602. The minimum atomic E-state index is 0.362. The van der Waals surface area contributed by atoms with Gasteiger partial charge in [0.05, 0.1) is 0 Å². The first-order chi connectivity index (χ1) is 10.2. The van der Waals surface area contributed by atoms with Crippen LogP contribution in [0.25, 0.3) is 0 Å². The molecule has 0 amide bonds. The quantitative estimate of drug-likeness (QED) is 0.763. The molecule has 116 valence electrons. The molecule has 2 saturated carbocycles. The van der Waals surface area contributed by atoms with Crippen molar-refractivity contribution in [1.29, 1.82) is 0 Å². The zero-order chi connectivity index (χ0) is 14.8. The van der Waals surface area contributed by atoms with Crippen LogP contribution >= 0.6 is 15.9 Å². The predicted molar refractivity (Wildman–Crippen MR) is 93.7 cm³/mol. The summed E-state index contributed by atoms with van der Waals surface area (Å²) < 4.78 is 1.30. The molecule has 1 aromatic carbocycles. The molecule has 2 aliphatic rings. The third kappa shape index (κ3) is 3.07.